The molecule has 1 saturated carbocycles. The highest BCUT2D eigenvalue weighted by Crippen LogP contribution is 2.40. The molecule has 0 aromatic heterocycles. The fourth-order valence-electron chi connectivity index (χ4n) is 2.12. The summed E-state index contributed by atoms with van der Waals surface area (Å²) in [5.41, 5.74) is 0.239. The van der Waals surface area contributed by atoms with Crippen LogP contribution in [0.25, 0.3) is 0 Å². The lowest BCUT2D eigenvalue weighted by Gasteiger charge is -2.38. The summed E-state index contributed by atoms with van der Waals surface area (Å²) in [6.45, 7) is 0. The van der Waals surface area contributed by atoms with Crippen molar-refractivity contribution in [3.05, 3.63) is 0 Å². The zero-order valence-electron chi connectivity index (χ0n) is 6.47. The second-order valence-corrected chi connectivity index (χ2v) is 3.71. The van der Waals surface area contributed by atoms with Gasteiger partial charge in [-0.05, 0) is 32.1 Å². The first-order valence-corrected chi connectivity index (χ1v) is 4.22. The number of nitrogens with one attached hydrogen (secondary N) is 1. The number of hydrogen-bond donors (Lipinski definition) is 2. The third-order valence-electron chi connectivity index (χ3n) is 3.00. The van der Waals surface area contributed by atoms with E-state index in [1.165, 1.54) is 19.3 Å². The van der Waals surface area contributed by atoms with E-state index in [0.29, 0.717) is 0 Å². The van der Waals surface area contributed by atoms with Gasteiger partial charge in [0.1, 0.15) is 6.04 Å². The predicted molar refractivity (Wildman–Crippen MR) is 40.4 cm³/mol. The Morgan fingerprint density at radius 1 is 1.45 bits per heavy atom. The van der Waals surface area contributed by atoms with Crippen LogP contribution in [0.1, 0.15) is 32.1 Å². The summed E-state index contributed by atoms with van der Waals surface area (Å²) in [5.74, 6) is -0.686. The number of aliphatic carboxylic acids is 1. The number of rotatable bonds is 1. The highest BCUT2D eigenvalue weighted by atomic mass is 16.4. The van der Waals surface area contributed by atoms with Crippen molar-refractivity contribution < 1.29 is 9.90 Å². The molecule has 62 valence electrons. The quantitative estimate of drug-likeness (QED) is 0.587. The molecule has 3 nitrogen and oxygen atoms in total. The van der Waals surface area contributed by atoms with Crippen LogP contribution in [0.2, 0.25) is 0 Å². The summed E-state index contributed by atoms with van der Waals surface area (Å²) in [5, 5.41) is 11.9. The van der Waals surface area contributed by atoms with E-state index in [9.17, 15) is 4.79 Å². The van der Waals surface area contributed by atoms with Crippen LogP contribution in [0.4, 0.5) is 0 Å². The molecule has 3 heteroatoms. The van der Waals surface area contributed by atoms with Crippen molar-refractivity contribution in [3.8, 4) is 0 Å². The standard InChI is InChI=1S/C8H13NO2/c10-7(11)6-2-5-8(9-6)3-1-4-8/h6,9H,1-5H2,(H,10,11). The van der Waals surface area contributed by atoms with E-state index in [1.807, 2.05) is 0 Å². The predicted octanol–water partition coefficient (Wildman–Crippen LogP) is 0.746. The zero-order valence-corrected chi connectivity index (χ0v) is 6.47. The lowest BCUT2D eigenvalue weighted by Crippen LogP contribution is -2.50. The van der Waals surface area contributed by atoms with Gasteiger partial charge in [-0.25, -0.2) is 0 Å². The van der Waals surface area contributed by atoms with Crippen molar-refractivity contribution in [1.82, 2.24) is 5.32 Å². The summed E-state index contributed by atoms with van der Waals surface area (Å²) < 4.78 is 0. The molecule has 1 aliphatic heterocycles. The van der Waals surface area contributed by atoms with Crippen LogP contribution in [0.3, 0.4) is 0 Å². The molecule has 1 aliphatic carbocycles. The van der Waals surface area contributed by atoms with Crippen molar-refractivity contribution in [2.75, 3.05) is 0 Å². The Kier molecular flexibility index (Phi) is 1.42. The Bertz CT molecular complexity index is 187. The summed E-state index contributed by atoms with van der Waals surface area (Å²) in [4.78, 5) is 10.6. The maximum absolute atomic E-state index is 10.6. The molecule has 1 heterocycles. The Morgan fingerprint density at radius 2 is 2.18 bits per heavy atom. The minimum absolute atomic E-state index is 0.239. The first-order chi connectivity index (χ1) is 5.22. The first-order valence-electron chi connectivity index (χ1n) is 4.22. The average molecular weight is 155 g/mol. The molecule has 1 spiro atoms. The van der Waals surface area contributed by atoms with Gasteiger partial charge in [-0.1, -0.05) is 0 Å². The van der Waals surface area contributed by atoms with E-state index in [0.717, 1.165) is 12.8 Å². The van der Waals surface area contributed by atoms with Crippen molar-refractivity contribution in [2.45, 2.75) is 43.7 Å². The molecule has 0 amide bonds. The number of carbonyl (C=O) groups is 1. The van der Waals surface area contributed by atoms with Gasteiger partial charge in [0.25, 0.3) is 0 Å². The van der Waals surface area contributed by atoms with E-state index in [-0.39, 0.29) is 11.6 Å². The van der Waals surface area contributed by atoms with E-state index in [1.54, 1.807) is 0 Å². The van der Waals surface area contributed by atoms with Gasteiger partial charge in [0.05, 0.1) is 0 Å². The molecule has 0 bridgehead atoms. The van der Waals surface area contributed by atoms with E-state index >= 15 is 0 Å². The molecule has 2 aliphatic rings. The Hall–Kier alpha value is -0.570. The van der Waals surface area contributed by atoms with Gasteiger partial charge in [0, 0.05) is 5.54 Å². The lowest BCUT2D eigenvalue weighted by atomic mass is 9.76. The fraction of sp³-hybridized carbons (Fsp3) is 0.875. The smallest absolute Gasteiger partial charge is 0.320 e. The molecule has 0 aromatic rings. The van der Waals surface area contributed by atoms with Crippen LogP contribution in [-0.4, -0.2) is 22.7 Å². The highest BCUT2D eigenvalue weighted by molar-refractivity contribution is 5.74. The van der Waals surface area contributed by atoms with Gasteiger partial charge >= 0.3 is 5.97 Å². The van der Waals surface area contributed by atoms with Gasteiger partial charge in [0.2, 0.25) is 0 Å². The summed E-state index contributed by atoms with van der Waals surface area (Å²) in [6, 6.07) is -0.268. The largest absolute Gasteiger partial charge is 0.480 e. The molecule has 2 rings (SSSR count). The maximum Gasteiger partial charge on any atom is 0.320 e. The molecular weight excluding hydrogens is 142 g/mol. The molecule has 1 saturated heterocycles. The number of hydrogen-bond acceptors (Lipinski definition) is 2. The number of carboxylic acid groups (broad SMARTS) is 1. The molecule has 1 unspecified atom stereocenters. The normalized spacial score (nSPS) is 33.6. The summed E-state index contributed by atoms with van der Waals surface area (Å²) in [7, 11) is 0. The molecule has 2 fully saturated rings. The van der Waals surface area contributed by atoms with E-state index < -0.39 is 5.97 Å². The third-order valence-corrected chi connectivity index (χ3v) is 3.00. The van der Waals surface area contributed by atoms with E-state index in [4.69, 9.17) is 5.11 Å². The molecular formula is C8H13NO2. The van der Waals surface area contributed by atoms with Crippen molar-refractivity contribution in [3.63, 3.8) is 0 Å². The van der Waals surface area contributed by atoms with Gasteiger partial charge in [-0.3, -0.25) is 10.1 Å². The van der Waals surface area contributed by atoms with Gasteiger partial charge in [0.15, 0.2) is 0 Å². The topological polar surface area (TPSA) is 49.3 Å². The van der Waals surface area contributed by atoms with Crippen molar-refractivity contribution in [1.29, 1.82) is 0 Å². The molecule has 0 aromatic carbocycles. The van der Waals surface area contributed by atoms with Crippen LogP contribution in [0.15, 0.2) is 0 Å². The second-order valence-electron chi connectivity index (χ2n) is 3.71. The third kappa shape index (κ3) is 1.03. The van der Waals surface area contributed by atoms with Crippen molar-refractivity contribution in [2.24, 2.45) is 0 Å². The average Bonchev–Trinajstić information content (AvgIpc) is 2.28. The maximum atomic E-state index is 10.6. The number of carboxylic acids is 1. The minimum Gasteiger partial charge on any atom is -0.480 e. The molecule has 1 atom stereocenters. The van der Waals surface area contributed by atoms with Gasteiger partial charge in [-0.2, -0.15) is 0 Å². The monoisotopic (exact) mass is 155 g/mol. The second kappa shape index (κ2) is 2.21. The Labute approximate surface area is 65.8 Å². The lowest BCUT2D eigenvalue weighted by molar-refractivity contribution is -0.139. The zero-order chi connectivity index (χ0) is 7.90. The first kappa shape index (κ1) is 7.10. The van der Waals surface area contributed by atoms with Crippen LogP contribution in [-0.2, 0) is 4.79 Å². The summed E-state index contributed by atoms with van der Waals surface area (Å²) in [6.07, 6.45) is 5.49. The van der Waals surface area contributed by atoms with Crippen LogP contribution >= 0.6 is 0 Å². The SMILES string of the molecule is O=C(O)C1CCC2(CCC2)N1. The molecule has 2 N–H and O–H groups in total. The molecule has 0 radical (unpaired) electrons. The minimum atomic E-state index is -0.686. The van der Waals surface area contributed by atoms with Crippen LogP contribution in [0, 0.1) is 0 Å². The van der Waals surface area contributed by atoms with Gasteiger partial charge in [-0.15, -0.1) is 0 Å². The Morgan fingerprint density at radius 3 is 2.45 bits per heavy atom. The molecule has 11 heavy (non-hydrogen) atoms. The van der Waals surface area contributed by atoms with Crippen LogP contribution < -0.4 is 5.32 Å². The Balaban J connectivity index is 1.98. The van der Waals surface area contributed by atoms with Gasteiger partial charge < -0.3 is 5.11 Å². The summed E-state index contributed by atoms with van der Waals surface area (Å²) >= 11 is 0. The van der Waals surface area contributed by atoms with Crippen molar-refractivity contribution >= 4 is 5.97 Å². The van der Waals surface area contributed by atoms with Crippen LogP contribution in [0.5, 0.6) is 0 Å². The van der Waals surface area contributed by atoms with E-state index in [2.05, 4.69) is 5.32 Å². The highest BCUT2D eigenvalue weighted by Gasteiger charge is 2.44. The fourth-order valence-corrected chi connectivity index (χ4v) is 2.12.